The molecular weight excluding hydrogens is 170 g/mol. The Balaban J connectivity index is 2.46. The van der Waals surface area contributed by atoms with Gasteiger partial charge in [-0.15, -0.1) is 0 Å². The highest BCUT2D eigenvalue weighted by Gasteiger charge is 2.17. The van der Waals surface area contributed by atoms with Gasteiger partial charge in [0.15, 0.2) is 0 Å². The van der Waals surface area contributed by atoms with Gasteiger partial charge in [-0.05, 0) is 36.0 Å². The lowest BCUT2D eigenvalue weighted by Gasteiger charge is -2.21. The normalized spacial score (nSPS) is 15.8. The van der Waals surface area contributed by atoms with Gasteiger partial charge in [-0.25, -0.2) is 0 Å². The van der Waals surface area contributed by atoms with Crippen molar-refractivity contribution in [3.63, 3.8) is 0 Å². The van der Waals surface area contributed by atoms with Gasteiger partial charge in [0.05, 0.1) is 0 Å². The molecular formula is C13H17N. The van der Waals surface area contributed by atoms with Crippen molar-refractivity contribution < 1.29 is 0 Å². The molecule has 1 aliphatic carbocycles. The number of nitrogens with zero attached hydrogens (tertiary/aromatic N) is 1. The van der Waals surface area contributed by atoms with Crippen LogP contribution in [0, 0.1) is 0 Å². The van der Waals surface area contributed by atoms with Gasteiger partial charge in [0, 0.05) is 18.3 Å². The minimum absolute atomic E-state index is 0.609. The Bertz CT molecular complexity index is 363. The molecule has 0 amide bonds. The van der Waals surface area contributed by atoms with E-state index in [4.69, 9.17) is 0 Å². The number of pyridine rings is 1. The van der Waals surface area contributed by atoms with Gasteiger partial charge >= 0.3 is 0 Å². The average molecular weight is 187 g/mol. The molecule has 0 saturated heterocycles. The number of hydrogen-bond donors (Lipinski definition) is 0. The van der Waals surface area contributed by atoms with E-state index in [-0.39, 0.29) is 0 Å². The zero-order valence-electron chi connectivity index (χ0n) is 9.01. The van der Waals surface area contributed by atoms with Crippen LogP contribution in [-0.4, -0.2) is 4.98 Å². The largest absolute Gasteiger partial charge is 0.261 e. The Morgan fingerprint density at radius 2 is 2.14 bits per heavy atom. The highest BCUT2D eigenvalue weighted by atomic mass is 14.7. The number of aromatic nitrogens is 1. The number of hydrogen-bond acceptors (Lipinski definition) is 1. The van der Waals surface area contributed by atoms with Crippen molar-refractivity contribution in [3.05, 3.63) is 41.2 Å². The SMILES string of the molecule is C=C1CCc2c(C(C)C)ccnc2C1. The van der Waals surface area contributed by atoms with Gasteiger partial charge in [-0.2, -0.15) is 0 Å². The van der Waals surface area contributed by atoms with Crippen LogP contribution in [0.5, 0.6) is 0 Å². The zero-order valence-corrected chi connectivity index (χ0v) is 9.01. The van der Waals surface area contributed by atoms with Crippen molar-refractivity contribution in [1.29, 1.82) is 0 Å². The van der Waals surface area contributed by atoms with Crippen molar-refractivity contribution in [2.24, 2.45) is 0 Å². The molecule has 2 rings (SSSR count). The summed E-state index contributed by atoms with van der Waals surface area (Å²) >= 11 is 0. The summed E-state index contributed by atoms with van der Waals surface area (Å²) in [5, 5.41) is 0. The first-order valence-corrected chi connectivity index (χ1v) is 5.31. The molecule has 0 aromatic carbocycles. The first kappa shape index (κ1) is 9.45. The molecule has 1 heterocycles. The Morgan fingerprint density at radius 1 is 1.36 bits per heavy atom. The zero-order chi connectivity index (χ0) is 10.1. The van der Waals surface area contributed by atoms with E-state index >= 15 is 0 Å². The first-order chi connectivity index (χ1) is 6.68. The van der Waals surface area contributed by atoms with E-state index in [1.807, 2.05) is 6.20 Å². The quantitative estimate of drug-likeness (QED) is 0.615. The van der Waals surface area contributed by atoms with E-state index in [0.29, 0.717) is 5.92 Å². The molecule has 0 atom stereocenters. The number of allylic oxidation sites excluding steroid dienone is 1. The maximum atomic E-state index is 4.45. The maximum Gasteiger partial charge on any atom is 0.0478 e. The topological polar surface area (TPSA) is 12.9 Å². The molecule has 0 saturated carbocycles. The molecule has 0 spiro atoms. The lowest BCUT2D eigenvalue weighted by molar-refractivity contribution is 0.762. The summed E-state index contributed by atoms with van der Waals surface area (Å²) < 4.78 is 0. The van der Waals surface area contributed by atoms with E-state index in [1.54, 1.807) is 0 Å². The average Bonchev–Trinajstić information content (AvgIpc) is 2.16. The minimum atomic E-state index is 0.609. The predicted octanol–water partition coefficient (Wildman–Crippen LogP) is 3.25. The monoisotopic (exact) mass is 187 g/mol. The van der Waals surface area contributed by atoms with E-state index in [2.05, 4.69) is 31.5 Å². The Morgan fingerprint density at radius 3 is 2.86 bits per heavy atom. The molecule has 1 aromatic heterocycles. The number of fused-ring (bicyclic) bond motifs is 1. The van der Waals surface area contributed by atoms with Gasteiger partial charge in [0.25, 0.3) is 0 Å². The van der Waals surface area contributed by atoms with Crippen LogP contribution in [0.4, 0.5) is 0 Å². The lowest BCUT2D eigenvalue weighted by Crippen LogP contribution is -2.10. The fourth-order valence-corrected chi connectivity index (χ4v) is 2.16. The van der Waals surface area contributed by atoms with Gasteiger partial charge in [0.1, 0.15) is 0 Å². The van der Waals surface area contributed by atoms with E-state index in [9.17, 15) is 0 Å². The first-order valence-electron chi connectivity index (χ1n) is 5.31. The van der Waals surface area contributed by atoms with Crippen LogP contribution in [0.3, 0.4) is 0 Å². The van der Waals surface area contributed by atoms with E-state index in [1.165, 1.54) is 22.4 Å². The van der Waals surface area contributed by atoms with Crippen LogP contribution in [0.1, 0.15) is 43.0 Å². The van der Waals surface area contributed by atoms with E-state index in [0.717, 1.165) is 19.3 Å². The van der Waals surface area contributed by atoms with Crippen LogP contribution in [0.15, 0.2) is 24.4 Å². The second-order valence-electron chi connectivity index (χ2n) is 4.41. The molecule has 74 valence electrons. The molecule has 14 heavy (non-hydrogen) atoms. The van der Waals surface area contributed by atoms with Crippen molar-refractivity contribution in [2.75, 3.05) is 0 Å². The predicted molar refractivity (Wildman–Crippen MR) is 59.5 cm³/mol. The molecule has 1 nitrogen and oxygen atoms in total. The standard InChI is InChI=1S/C13H17N/c1-9(2)11-6-7-14-13-8-10(3)4-5-12(11)13/h6-7,9H,3-5,8H2,1-2H3. The second-order valence-corrected chi connectivity index (χ2v) is 4.41. The van der Waals surface area contributed by atoms with Gasteiger partial charge < -0.3 is 0 Å². The minimum Gasteiger partial charge on any atom is -0.261 e. The van der Waals surface area contributed by atoms with E-state index < -0.39 is 0 Å². The van der Waals surface area contributed by atoms with Crippen LogP contribution in [0.25, 0.3) is 0 Å². The highest BCUT2D eigenvalue weighted by molar-refractivity contribution is 5.37. The van der Waals surface area contributed by atoms with Gasteiger partial charge in [-0.3, -0.25) is 4.98 Å². The molecule has 1 aliphatic rings. The smallest absolute Gasteiger partial charge is 0.0478 e. The summed E-state index contributed by atoms with van der Waals surface area (Å²) in [5.74, 6) is 0.609. The molecule has 0 N–H and O–H groups in total. The number of rotatable bonds is 1. The summed E-state index contributed by atoms with van der Waals surface area (Å²) in [7, 11) is 0. The molecule has 0 unspecified atom stereocenters. The highest BCUT2D eigenvalue weighted by Crippen LogP contribution is 2.28. The summed E-state index contributed by atoms with van der Waals surface area (Å²) in [4.78, 5) is 4.45. The fraction of sp³-hybridized carbons (Fsp3) is 0.462. The Labute approximate surface area is 85.9 Å². The summed E-state index contributed by atoms with van der Waals surface area (Å²) in [6.45, 7) is 8.55. The van der Waals surface area contributed by atoms with Crippen molar-refractivity contribution >= 4 is 0 Å². The van der Waals surface area contributed by atoms with Crippen molar-refractivity contribution in [1.82, 2.24) is 4.98 Å². The Kier molecular flexibility index (Phi) is 2.40. The molecule has 1 aromatic rings. The molecule has 0 aliphatic heterocycles. The maximum absolute atomic E-state index is 4.45. The summed E-state index contributed by atoms with van der Waals surface area (Å²) in [5.41, 5.74) is 5.54. The lowest BCUT2D eigenvalue weighted by atomic mass is 9.86. The summed E-state index contributed by atoms with van der Waals surface area (Å²) in [6.07, 6.45) is 5.19. The second kappa shape index (κ2) is 3.56. The molecule has 0 fully saturated rings. The molecule has 0 bridgehead atoms. The van der Waals surface area contributed by atoms with Crippen molar-refractivity contribution in [2.45, 2.75) is 39.0 Å². The molecule has 0 radical (unpaired) electrons. The summed E-state index contributed by atoms with van der Waals surface area (Å²) in [6, 6.07) is 2.16. The Hall–Kier alpha value is -1.11. The van der Waals surface area contributed by atoms with Gasteiger partial charge in [-0.1, -0.05) is 26.0 Å². The van der Waals surface area contributed by atoms with Crippen LogP contribution in [-0.2, 0) is 12.8 Å². The van der Waals surface area contributed by atoms with Crippen molar-refractivity contribution in [3.8, 4) is 0 Å². The third-order valence-corrected chi connectivity index (χ3v) is 2.95. The molecule has 1 heteroatoms. The third-order valence-electron chi connectivity index (χ3n) is 2.95. The fourth-order valence-electron chi connectivity index (χ4n) is 2.16. The van der Waals surface area contributed by atoms with Gasteiger partial charge in [0.2, 0.25) is 0 Å². The van der Waals surface area contributed by atoms with Crippen LogP contribution in [0.2, 0.25) is 0 Å². The van der Waals surface area contributed by atoms with Crippen LogP contribution >= 0.6 is 0 Å². The third kappa shape index (κ3) is 1.59. The van der Waals surface area contributed by atoms with Crippen LogP contribution < -0.4 is 0 Å².